The minimum atomic E-state index is -0.638. The molecule has 29 heavy (non-hydrogen) atoms. The number of nitrogens with one attached hydrogen (secondary N) is 1. The number of carbonyl (C=O) groups is 2. The van der Waals surface area contributed by atoms with Crippen molar-refractivity contribution in [2.45, 2.75) is 45.7 Å². The van der Waals surface area contributed by atoms with Gasteiger partial charge in [-0.3, -0.25) is 9.59 Å². The van der Waals surface area contributed by atoms with E-state index in [1.165, 1.54) is 17.0 Å². The zero-order chi connectivity index (χ0) is 21.4. The molecular weight excluding hydrogens is 371 g/mol. The fourth-order valence-corrected chi connectivity index (χ4v) is 3.18. The lowest BCUT2D eigenvalue weighted by Crippen LogP contribution is -2.49. The number of nitrogens with zero attached hydrogens (tertiary/aromatic N) is 1. The number of hydrogen-bond donors (Lipinski definition) is 1. The van der Waals surface area contributed by atoms with Crippen LogP contribution in [-0.4, -0.2) is 36.4 Å². The minimum Gasteiger partial charge on any atom is -0.483 e. The highest BCUT2D eigenvalue weighted by Gasteiger charge is 2.28. The Balaban J connectivity index is 2.21. The van der Waals surface area contributed by atoms with Crippen LogP contribution < -0.4 is 10.1 Å². The first-order chi connectivity index (χ1) is 13.9. The molecule has 5 nitrogen and oxygen atoms in total. The van der Waals surface area contributed by atoms with Gasteiger partial charge in [0, 0.05) is 13.6 Å². The molecule has 0 aliphatic carbocycles. The van der Waals surface area contributed by atoms with E-state index in [2.05, 4.69) is 19.2 Å². The van der Waals surface area contributed by atoms with Crippen molar-refractivity contribution in [3.8, 4) is 5.75 Å². The topological polar surface area (TPSA) is 58.6 Å². The van der Waals surface area contributed by atoms with E-state index in [0.717, 1.165) is 11.1 Å². The van der Waals surface area contributed by atoms with Gasteiger partial charge in [-0.05, 0) is 41.7 Å². The lowest BCUT2D eigenvalue weighted by atomic mass is 10.0. The molecular formula is C23H29FN2O3. The van der Waals surface area contributed by atoms with Crippen molar-refractivity contribution in [2.75, 3.05) is 13.7 Å². The molecule has 0 unspecified atom stereocenters. The van der Waals surface area contributed by atoms with Crippen molar-refractivity contribution in [1.82, 2.24) is 10.2 Å². The molecule has 6 heteroatoms. The monoisotopic (exact) mass is 400 g/mol. The molecule has 2 aromatic rings. The third-order valence-electron chi connectivity index (χ3n) is 4.79. The van der Waals surface area contributed by atoms with E-state index in [1.807, 2.05) is 31.2 Å². The van der Waals surface area contributed by atoms with Crippen LogP contribution in [0.4, 0.5) is 4.39 Å². The number of ether oxygens (including phenoxy) is 1. The summed E-state index contributed by atoms with van der Waals surface area (Å²) in [6.07, 6.45) is 0.454. The molecule has 0 bridgehead atoms. The number of carbonyl (C=O) groups excluding carboxylic acids is 2. The number of amides is 2. The Morgan fingerprint density at radius 1 is 1.10 bits per heavy atom. The summed E-state index contributed by atoms with van der Waals surface area (Å²) in [7, 11) is 1.54. The third kappa shape index (κ3) is 6.04. The van der Waals surface area contributed by atoms with Gasteiger partial charge in [0.05, 0.1) is 0 Å². The van der Waals surface area contributed by atoms with Crippen LogP contribution in [0.3, 0.4) is 0 Å². The molecule has 156 valence electrons. The molecule has 0 aromatic heterocycles. The fraction of sp³-hybridized carbons (Fsp3) is 0.391. The molecule has 0 saturated heterocycles. The van der Waals surface area contributed by atoms with E-state index in [4.69, 9.17) is 4.74 Å². The van der Waals surface area contributed by atoms with Crippen LogP contribution in [0.5, 0.6) is 5.75 Å². The molecule has 0 aliphatic heterocycles. The summed E-state index contributed by atoms with van der Waals surface area (Å²) in [4.78, 5) is 26.9. The van der Waals surface area contributed by atoms with Gasteiger partial charge in [0.15, 0.2) is 6.61 Å². The van der Waals surface area contributed by atoms with Gasteiger partial charge in [0.2, 0.25) is 5.91 Å². The van der Waals surface area contributed by atoms with Crippen LogP contribution in [0, 0.1) is 5.82 Å². The molecule has 0 saturated carbocycles. The smallest absolute Gasteiger partial charge is 0.261 e. The maximum absolute atomic E-state index is 13.2. The largest absolute Gasteiger partial charge is 0.483 e. The van der Waals surface area contributed by atoms with Crippen LogP contribution in [0.2, 0.25) is 0 Å². The maximum Gasteiger partial charge on any atom is 0.261 e. The molecule has 2 aromatic carbocycles. The Hall–Kier alpha value is -2.89. The summed E-state index contributed by atoms with van der Waals surface area (Å²) >= 11 is 0. The van der Waals surface area contributed by atoms with Gasteiger partial charge in [-0.2, -0.15) is 0 Å². The quantitative estimate of drug-likeness (QED) is 0.695. The highest BCUT2D eigenvalue weighted by molar-refractivity contribution is 5.88. The number of likely N-dealkylation sites (N-methyl/N-ethyl adjacent to an activating group) is 1. The Morgan fingerprint density at radius 3 is 2.34 bits per heavy atom. The predicted octanol–water partition coefficient (Wildman–Crippen LogP) is 3.88. The predicted molar refractivity (Wildman–Crippen MR) is 111 cm³/mol. The summed E-state index contributed by atoms with van der Waals surface area (Å²) in [5, 5.41) is 2.61. The molecule has 0 radical (unpaired) electrons. The highest BCUT2D eigenvalue weighted by Crippen LogP contribution is 2.26. The Kier molecular flexibility index (Phi) is 8.19. The maximum atomic E-state index is 13.2. The number of para-hydroxylation sites is 1. The summed E-state index contributed by atoms with van der Waals surface area (Å²) in [5.74, 6) is 0.0175. The van der Waals surface area contributed by atoms with Crippen molar-refractivity contribution in [3.63, 3.8) is 0 Å². The van der Waals surface area contributed by atoms with Gasteiger partial charge in [-0.1, -0.05) is 51.1 Å². The standard InChI is InChI=1S/C23H29FN2O3/c1-5-20(23(28)25-4)26(14-17-10-12-18(24)13-11-17)22(27)15-29-21-9-7-6-8-19(21)16(2)3/h6-13,16,20H,5,14-15H2,1-4H3,(H,25,28)/t20-/m1/s1. The van der Waals surface area contributed by atoms with Gasteiger partial charge in [-0.15, -0.1) is 0 Å². The zero-order valence-electron chi connectivity index (χ0n) is 17.4. The fourth-order valence-electron chi connectivity index (χ4n) is 3.18. The van der Waals surface area contributed by atoms with Crippen molar-refractivity contribution in [2.24, 2.45) is 0 Å². The average Bonchev–Trinajstić information content (AvgIpc) is 2.73. The molecule has 0 fully saturated rings. The number of hydrogen-bond acceptors (Lipinski definition) is 3. The SMILES string of the molecule is CC[C@H](C(=O)NC)N(Cc1ccc(F)cc1)C(=O)COc1ccccc1C(C)C. The molecule has 1 atom stereocenters. The molecule has 2 amide bonds. The third-order valence-corrected chi connectivity index (χ3v) is 4.79. The Bertz CT molecular complexity index is 821. The van der Waals surface area contributed by atoms with E-state index < -0.39 is 6.04 Å². The number of rotatable bonds is 9. The van der Waals surface area contributed by atoms with Gasteiger partial charge in [0.1, 0.15) is 17.6 Å². The zero-order valence-corrected chi connectivity index (χ0v) is 17.4. The first-order valence-corrected chi connectivity index (χ1v) is 9.84. The van der Waals surface area contributed by atoms with Gasteiger partial charge < -0.3 is 15.0 Å². The van der Waals surface area contributed by atoms with E-state index in [0.29, 0.717) is 12.2 Å². The first kappa shape index (κ1) is 22.4. The van der Waals surface area contributed by atoms with E-state index in [9.17, 15) is 14.0 Å². The van der Waals surface area contributed by atoms with Crippen LogP contribution in [0.25, 0.3) is 0 Å². The lowest BCUT2D eigenvalue weighted by Gasteiger charge is -2.30. The van der Waals surface area contributed by atoms with Crippen LogP contribution >= 0.6 is 0 Å². The van der Waals surface area contributed by atoms with Crippen molar-refractivity contribution in [1.29, 1.82) is 0 Å². The minimum absolute atomic E-state index is 0.182. The summed E-state index contributed by atoms with van der Waals surface area (Å²) in [6, 6.07) is 12.9. The van der Waals surface area contributed by atoms with E-state index in [-0.39, 0.29) is 36.7 Å². The second kappa shape index (κ2) is 10.6. The van der Waals surface area contributed by atoms with E-state index in [1.54, 1.807) is 19.2 Å². The lowest BCUT2D eigenvalue weighted by molar-refractivity contribution is -0.142. The van der Waals surface area contributed by atoms with Crippen molar-refractivity contribution in [3.05, 3.63) is 65.5 Å². The van der Waals surface area contributed by atoms with Gasteiger partial charge >= 0.3 is 0 Å². The summed E-state index contributed by atoms with van der Waals surface area (Å²) in [5.41, 5.74) is 1.76. The molecule has 2 rings (SSSR count). The van der Waals surface area contributed by atoms with Crippen molar-refractivity contribution >= 4 is 11.8 Å². The second-order valence-electron chi connectivity index (χ2n) is 7.17. The van der Waals surface area contributed by atoms with Crippen LogP contribution in [-0.2, 0) is 16.1 Å². The second-order valence-corrected chi connectivity index (χ2v) is 7.17. The molecule has 0 aliphatic rings. The Morgan fingerprint density at radius 2 is 1.76 bits per heavy atom. The van der Waals surface area contributed by atoms with Crippen LogP contribution in [0.15, 0.2) is 48.5 Å². The van der Waals surface area contributed by atoms with Crippen molar-refractivity contribution < 1.29 is 18.7 Å². The summed E-state index contributed by atoms with van der Waals surface area (Å²) in [6.45, 7) is 5.98. The van der Waals surface area contributed by atoms with E-state index >= 15 is 0 Å². The van der Waals surface area contributed by atoms with Crippen LogP contribution in [0.1, 0.15) is 44.2 Å². The number of benzene rings is 2. The van der Waals surface area contributed by atoms with Gasteiger partial charge in [0.25, 0.3) is 5.91 Å². The average molecular weight is 400 g/mol. The highest BCUT2D eigenvalue weighted by atomic mass is 19.1. The Labute approximate surface area is 171 Å². The molecule has 1 N–H and O–H groups in total. The number of halogens is 1. The van der Waals surface area contributed by atoms with Gasteiger partial charge in [-0.25, -0.2) is 4.39 Å². The normalized spacial score (nSPS) is 11.8. The summed E-state index contributed by atoms with van der Waals surface area (Å²) < 4.78 is 19.1. The molecule has 0 spiro atoms. The molecule has 0 heterocycles. The first-order valence-electron chi connectivity index (χ1n) is 9.84.